The molecule has 2 atom stereocenters. The van der Waals surface area contributed by atoms with Crippen LogP contribution in [0.5, 0.6) is 0 Å². The molecule has 2 unspecified atom stereocenters. The molecule has 1 rings (SSSR count). The summed E-state index contributed by atoms with van der Waals surface area (Å²) in [6.07, 6.45) is 10.0. The normalized spacial score (nSPS) is 26.3. The molecule has 0 aromatic rings. The van der Waals surface area contributed by atoms with Crippen molar-refractivity contribution in [2.75, 3.05) is 6.54 Å². The van der Waals surface area contributed by atoms with Gasteiger partial charge >= 0.3 is 0 Å². The molecule has 0 heterocycles. The fraction of sp³-hybridized carbons (Fsp3) is 1.00. The molecule has 0 saturated heterocycles. The SMILES string of the molecule is CCC(CC)C1CCCCCC1CNC(C)(C)C. The predicted octanol–water partition coefficient (Wildman–Crippen LogP) is 5.01. The Labute approximate surface area is 115 Å². The van der Waals surface area contributed by atoms with Crippen molar-refractivity contribution in [3.8, 4) is 0 Å². The predicted molar refractivity (Wildman–Crippen MR) is 81.9 cm³/mol. The summed E-state index contributed by atoms with van der Waals surface area (Å²) in [5.41, 5.74) is 0.269. The van der Waals surface area contributed by atoms with Gasteiger partial charge in [-0.2, -0.15) is 0 Å². The molecule has 0 aliphatic heterocycles. The first-order chi connectivity index (χ1) is 8.48. The molecule has 1 fully saturated rings. The summed E-state index contributed by atoms with van der Waals surface area (Å²) >= 11 is 0. The molecule has 1 nitrogen and oxygen atoms in total. The standard InChI is InChI=1S/C17H35N/c1-6-14(7-2)16-12-10-8-9-11-15(16)13-18-17(3,4)5/h14-16,18H,6-13H2,1-5H3. The van der Waals surface area contributed by atoms with E-state index in [9.17, 15) is 0 Å². The number of nitrogens with one attached hydrogen (secondary N) is 1. The lowest BCUT2D eigenvalue weighted by atomic mass is 9.75. The highest BCUT2D eigenvalue weighted by Gasteiger charge is 2.29. The molecule has 1 heteroatoms. The zero-order valence-corrected chi connectivity index (χ0v) is 13.4. The van der Waals surface area contributed by atoms with E-state index in [1.165, 1.54) is 51.5 Å². The Kier molecular flexibility index (Phi) is 6.70. The summed E-state index contributed by atoms with van der Waals surface area (Å²) in [6.45, 7) is 12.9. The summed E-state index contributed by atoms with van der Waals surface area (Å²) in [7, 11) is 0. The Morgan fingerprint density at radius 1 is 1.00 bits per heavy atom. The minimum absolute atomic E-state index is 0.269. The van der Waals surface area contributed by atoms with Crippen molar-refractivity contribution >= 4 is 0 Å². The van der Waals surface area contributed by atoms with Gasteiger partial charge in [0.15, 0.2) is 0 Å². The van der Waals surface area contributed by atoms with Crippen LogP contribution < -0.4 is 5.32 Å². The second kappa shape index (κ2) is 7.53. The van der Waals surface area contributed by atoms with Crippen LogP contribution in [-0.2, 0) is 0 Å². The molecule has 18 heavy (non-hydrogen) atoms. The van der Waals surface area contributed by atoms with Crippen molar-refractivity contribution in [3.63, 3.8) is 0 Å². The highest BCUT2D eigenvalue weighted by Crippen LogP contribution is 2.36. The van der Waals surface area contributed by atoms with Crippen molar-refractivity contribution in [1.82, 2.24) is 5.32 Å². The Hall–Kier alpha value is -0.0400. The first-order valence-corrected chi connectivity index (χ1v) is 8.23. The van der Waals surface area contributed by atoms with Crippen molar-refractivity contribution in [1.29, 1.82) is 0 Å². The van der Waals surface area contributed by atoms with E-state index in [1.54, 1.807) is 0 Å². The minimum atomic E-state index is 0.269. The average molecular weight is 253 g/mol. The quantitative estimate of drug-likeness (QED) is 0.679. The van der Waals surface area contributed by atoms with Crippen LogP contribution in [0, 0.1) is 17.8 Å². The molecule has 1 aliphatic carbocycles. The van der Waals surface area contributed by atoms with Gasteiger partial charge < -0.3 is 5.32 Å². The third kappa shape index (κ3) is 5.30. The van der Waals surface area contributed by atoms with E-state index < -0.39 is 0 Å². The zero-order chi connectivity index (χ0) is 13.6. The second-order valence-corrected chi connectivity index (χ2v) is 7.27. The van der Waals surface area contributed by atoms with Crippen molar-refractivity contribution in [3.05, 3.63) is 0 Å². The van der Waals surface area contributed by atoms with Crippen LogP contribution in [0.1, 0.15) is 79.6 Å². The van der Waals surface area contributed by atoms with Gasteiger partial charge in [0.2, 0.25) is 0 Å². The summed E-state index contributed by atoms with van der Waals surface area (Å²) in [6, 6.07) is 0. The lowest BCUT2D eigenvalue weighted by molar-refractivity contribution is 0.186. The van der Waals surface area contributed by atoms with E-state index >= 15 is 0 Å². The zero-order valence-electron chi connectivity index (χ0n) is 13.4. The molecule has 1 aliphatic rings. The molecule has 1 N–H and O–H groups in total. The maximum absolute atomic E-state index is 3.75. The van der Waals surface area contributed by atoms with Gasteiger partial charge in [-0.15, -0.1) is 0 Å². The molecule has 0 radical (unpaired) electrons. The molecular weight excluding hydrogens is 218 g/mol. The molecule has 0 aromatic heterocycles. The molecule has 0 bridgehead atoms. The first-order valence-electron chi connectivity index (χ1n) is 8.23. The minimum Gasteiger partial charge on any atom is -0.312 e. The van der Waals surface area contributed by atoms with Crippen LogP contribution in [0.3, 0.4) is 0 Å². The van der Waals surface area contributed by atoms with Crippen LogP contribution in [-0.4, -0.2) is 12.1 Å². The summed E-state index contributed by atoms with van der Waals surface area (Å²) in [4.78, 5) is 0. The highest BCUT2D eigenvalue weighted by atomic mass is 14.9. The third-order valence-electron chi connectivity index (χ3n) is 4.77. The topological polar surface area (TPSA) is 12.0 Å². The van der Waals surface area contributed by atoms with E-state index in [1.807, 2.05) is 0 Å². The molecule has 0 aromatic carbocycles. The van der Waals surface area contributed by atoms with E-state index in [-0.39, 0.29) is 5.54 Å². The number of hydrogen-bond donors (Lipinski definition) is 1. The molecule has 0 spiro atoms. The fourth-order valence-corrected chi connectivity index (χ4v) is 3.62. The van der Waals surface area contributed by atoms with Crippen LogP contribution in [0.2, 0.25) is 0 Å². The van der Waals surface area contributed by atoms with Crippen molar-refractivity contribution in [2.45, 2.75) is 85.1 Å². The van der Waals surface area contributed by atoms with Gasteiger partial charge in [0.1, 0.15) is 0 Å². The maximum Gasteiger partial charge on any atom is 0.00966 e. The van der Waals surface area contributed by atoms with E-state index in [4.69, 9.17) is 0 Å². The lowest BCUT2D eigenvalue weighted by Gasteiger charge is -2.34. The van der Waals surface area contributed by atoms with Gasteiger partial charge in [0.05, 0.1) is 0 Å². The molecule has 0 amide bonds. The van der Waals surface area contributed by atoms with E-state index in [2.05, 4.69) is 39.9 Å². The molecule has 108 valence electrons. The van der Waals surface area contributed by atoms with Gasteiger partial charge in [0.25, 0.3) is 0 Å². The number of hydrogen-bond acceptors (Lipinski definition) is 1. The van der Waals surface area contributed by atoms with Crippen molar-refractivity contribution in [2.24, 2.45) is 17.8 Å². The fourth-order valence-electron chi connectivity index (χ4n) is 3.62. The third-order valence-corrected chi connectivity index (χ3v) is 4.77. The lowest BCUT2D eigenvalue weighted by Crippen LogP contribution is -2.41. The Morgan fingerprint density at radius 3 is 2.17 bits per heavy atom. The van der Waals surface area contributed by atoms with Gasteiger partial charge in [-0.25, -0.2) is 0 Å². The Balaban J connectivity index is 2.62. The van der Waals surface area contributed by atoms with Crippen LogP contribution in [0.15, 0.2) is 0 Å². The van der Waals surface area contributed by atoms with Crippen molar-refractivity contribution < 1.29 is 0 Å². The largest absolute Gasteiger partial charge is 0.312 e. The van der Waals surface area contributed by atoms with Crippen LogP contribution in [0.25, 0.3) is 0 Å². The van der Waals surface area contributed by atoms with Crippen LogP contribution in [0.4, 0.5) is 0 Å². The Bertz CT molecular complexity index is 212. The smallest absolute Gasteiger partial charge is 0.00966 e. The Morgan fingerprint density at radius 2 is 1.61 bits per heavy atom. The first kappa shape index (κ1) is 16.0. The van der Waals surface area contributed by atoms with Gasteiger partial charge in [0, 0.05) is 5.54 Å². The number of rotatable bonds is 5. The van der Waals surface area contributed by atoms with Gasteiger partial charge in [-0.1, -0.05) is 46.0 Å². The van der Waals surface area contributed by atoms with Crippen LogP contribution >= 0.6 is 0 Å². The van der Waals surface area contributed by atoms with E-state index in [0.29, 0.717) is 0 Å². The maximum atomic E-state index is 3.75. The average Bonchev–Trinajstić information content (AvgIpc) is 2.53. The summed E-state index contributed by atoms with van der Waals surface area (Å²) in [5.74, 6) is 2.84. The van der Waals surface area contributed by atoms with Gasteiger partial charge in [-0.3, -0.25) is 0 Å². The monoisotopic (exact) mass is 253 g/mol. The molecule has 1 saturated carbocycles. The highest BCUT2D eigenvalue weighted by molar-refractivity contribution is 4.82. The summed E-state index contributed by atoms with van der Waals surface area (Å²) < 4.78 is 0. The second-order valence-electron chi connectivity index (χ2n) is 7.27. The van der Waals surface area contributed by atoms with Gasteiger partial charge in [-0.05, 0) is 57.9 Å². The van der Waals surface area contributed by atoms with E-state index in [0.717, 1.165) is 17.8 Å². The summed E-state index contributed by atoms with van der Waals surface area (Å²) in [5, 5.41) is 3.75. The molecular formula is C17H35N.